The van der Waals surface area contributed by atoms with E-state index in [1.54, 1.807) is 7.11 Å². The molecule has 5 heteroatoms. The number of rotatable bonds is 6. The molecular weight excluding hydrogens is 332 g/mol. The summed E-state index contributed by atoms with van der Waals surface area (Å²) in [6.45, 7) is 2.06. The van der Waals surface area contributed by atoms with Crippen LogP contribution in [0.5, 0.6) is 5.75 Å². The van der Waals surface area contributed by atoms with Crippen molar-refractivity contribution in [1.29, 1.82) is 0 Å². The maximum absolute atomic E-state index is 12.3. The summed E-state index contributed by atoms with van der Waals surface area (Å²) in [5.41, 5.74) is 3.00. The minimum atomic E-state index is -0.0213. The lowest BCUT2D eigenvalue weighted by molar-refractivity contribution is -0.116. The number of ether oxygens (including phenoxy) is 1. The zero-order valence-electron chi connectivity index (χ0n) is 14.2. The zero-order valence-corrected chi connectivity index (χ0v) is 15.0. The van der Waals surface area contributed by atoms with Crippen molar-refractivity contribution in [2.45, 2.75) is 19.3 Å². The van der Waals surface area contributed by atoms with Gasteiger partial charge in [0.1, 0.15) is 5.75 Å². The molecule has 0 spiro atoms. The number of thiazole rings is 1. The molecule has 3 aromatic rings. The summed E-state index contributed by atoms with van der Waals surface area (Å²) in [4.78, 5) is 16.8. The van der Waals surface area contributed by atoms with E-state index in [1.807, 2.05) is 60.0 Å². The van der Waals surface area contributed by atoms with Gasteiger partial charge in [0.2, 0.25) is 5.91 Å². The number of hydrogen-bond acceptors (Lipinski definition) is 4. The van der Waals surface area contributed by atoms with E-state index in [9.17, 15) is 4.79 Å². The molecule has 1 aromatic heterocycles. The number of hydrogen-bond donors (Lipinski definition) is 1. The molecule has 0 radical (unpaired) electrons. The van der Waals surface area contributed by atoms with E-state index in [0.717, 1.165) is 22.6 Å². The van der Waals surface area contributed by atoms with Crippen molar-refractivity contribution in [3.63, 3.8) is 0 Å². The van der Waals surface area contributed by atoms with Crippen LogP contribution in [0, 0.1) is 0 Å². The summed E-state index contributed by atoms with van der Waals surface area (Å²) in [6.07, 6.45) is 0.432. The summed E-state index contributed by atoms with van der Waals surface area (Å²) in [5, 5.41) is 5.46. The van der Waals surface area contributed by atoms with Crippen molar-refractivity contribution < 1.29 is 9.53 Å². The summed E-state index contributed by atoms with van der Waals surface area (Å²) < 4.78 is 5.16. The topological polar surface area (TPSA) is 51.2 Å². The first-order chi connectivity index (χ1) is 12.2. The van der Waals surface area contributed by atoms with E-state index in [1.165, 1.54) is 11.3 Å². The summed E-state index contributed by atoms with van der Waals surface area (Å²) in [6, 6.07) is 17.8. The largest absolute Gasteiger partial charge is 0.497 e. The van der Waals surface area contributed by atoms with Crippen molar-refractivity contribution in [2.75, 3.05) is 12.4 Å². The van der Waals surface area contributed by atoms with Gasteiger partial charge in [0.25, 0.3) is 0 Å². The Morgan fingerprint density at radius 3 is 2.56 bits per heavy atom. The summed E-state index contributed by atoms with van der Waals surface area (Å²) >= 11 is 1.43. The first-order valence-corrected chi connectivity index (χ1v) is 8.98. The second-order valence-corrected chi connectivity index (χ2v) is 6.69. The average Bonchev–Trinajstić information content (AvgIpc) is 3.10. The molecule has 1 N–H and O–H groups in total. The Morgan fingerprint density at radius 1 is 1.16 bits per heavy atom. The maximum Gasteiger partial charge on any atom is 0.226 e. The SMILES string of the molecule is COc1ccc(-c2csc(NC(=O)C[C@H](C)c3ccccc3)n2)cc1. The Morgan fingerprint density at radius 2 is 1.88 bits per heavy atom. The fourth-order valence-corrected chi connectivity index (χ4v) is 3.31. The van der Waals surface area contributed by atoms with Gasteiger partial charge in [-0.2, -0.15) is 0 Å². The predicted molar refractivity (Wildman–Crippen MR) is 102 cm³/mol. The van der Waals surface area contributed by atoms with Crippen LogP contribution in [0.15, 0.2) is 60.0 Å². The lowest BCUT2D eigenvalue weighted by Crippen LogP contribution is -2.14. The van der Waals surface area contributed by atoms with Crippen LogP contribution in [0.4, 0.5) is 5.13 Å². The van der Waals surface area contributed by atoms with Crippen molar-refractivity contribution in [3.8, 4) is 17.0 Å². The molecular formula is C20H20N2O2S. The monoisotopic (exact) mass is 352 g/mol. The smallest absolute Gasteiger partial charge is 0.226 e. The minimum absolute atomic E-state index is 0.0213. The molecule has 2 aromatic carbocycles. The Labute approximate surface area is 151 Å². The van der Waals surface area contributed by atoms with Gasteiger partial charge in [0.15, 0.2) is 5.13 Å². The molecule has 1 heterocycles. The second-order valence-electron chi connectivity index (χ2n) is 5.83. The Bertz CT molecular complexity index is 828. The molecule has 0 aliphatic heterocycles. The van der Waals surface area contributed by atoms with Gasteiger partial charge in [-0.05, 0) is 35.7 Å². The highest BCUT2D eigenvalue weighted by molar-refractivity contribution is 7.14. The molecule has 25 heavy (non-hydrogen) atoms. The molecule has 0 saturated heterocycles. The van der Waals surface area contributed by atoms with Crippen LogP contribution in [0.1, 0.15) is 24.8 Å². The van der Waals surface area contributed by atoms with Crippen molar-refractivity contribution in [1.82, 2.24) is 4.98 Å². The molecule has 3 rings (SSSR count). The number of carbonyl (C=O) groups excluding carboxylic acids is 1. The number of aromatic nitrogens is 1. The van der Waals surface area contributed by atoms with Gasteiger partial charge in [-0.25, -0.2) is 4.98 Å². The fourth-order valence-electron chi connectivity index (χ4n) is 2.57. The predicted octanol–water partition coefficient (Wildman–Crippen LogP) is 4.95. The second kappa shape index (κ2) is 7.94. The third-order valence-electron chi connectivity index (χ3n) is 4.00. The molecule has 0 aliphatic rings. The van der Waals surface area contributed by atoms with E-state index in [2.05, 4.69) is 17.2 Å². The number of anilines is 1. The highest BCUT2D eigenvalue weighted by Crippen LogP contribution is 2.27. The Balaban J connectivity index is 1.61. The van der Waals surface area contributed by atoms with E-state index in [0.29, 0.717) is 11.6 Å². The molecule has 0 bridgehead atoms. The number of nitrogens with one attached hydrogen (secondary N) is 1. The molecule has 1 amide bonds. The molecule has 0 fully saturated rings. The number of methoxy groups -OCH3 is 1. The standard InChI is InChI=1S/C20H20N2O2S/c1-14(15-6-4-3-5-7-15)12-19(23)22-20-21-18(13-25-20)16-8-10-17(24-2)11-9-16/h3-11,13-14H,12H2,1-2H3,(H,21,22,23)/t14-/m0/s1. The van der Waals surface area contributed by atoms with Crippen LogP contribution in [0.2, 0.25) is 0 Å². The lowest BCUT2D eigenvalue weighted by atomic mass is 9.98. The van der Waals surface area contributed by atoms with E-state index in [-0.39, 0.29) is 11.8 Å². The number of carbonyl (C=O) groups is 1. The molecule has 1 atom stereocenters. The van der Waals surface area contributed by atoms with Crippen LogP contribution < -0.4 is 10.1 Å². The van der Waals surface area contributed by atoms with Crippen molar-refractivity contribution in [3.05, 3.63) is 65.5 Å². The van der Waals surface area contributed by atoms with Crippen LogP contribution in [-0.4, -0.2) is 18.0 Å². The van der Waals surface area contributed by atoms with E-state index >= 15 is 0 Å². The minimum Gasteiger partial charge on any atom is -0.497 e. The van der Waals surface area contributed by atoms with Gasteiger partial charge >= 0.3 is 0 Å². The number of benzene rings is 2. The first-order valence-electron chi connectivity index (χ1n) is 8.10. The van der Waals surface area contributed by atoms with Gasteiger partial charge in [-0.1, -0.05) is 37.3 Å². The Hall–Kier alpha value is -2.66. The molecule has 0 aliphatic carbocycles. The van der Waals surface area contributed by atoms with Crippen LogP contribution in [-0.2, 0) is 4.79 Å². The van der Waals surface area contributed by atoms with E-state index in [4.69, 9.17) is 4.74 Å². The molecule has 0 unspecified atom stereocenters. The normalized spacial score (nSPS) is 11.8. The lowest BCUT2D eigenvalue weighted by Gasteiger charge is -2.10. The van der Waals surface area contributed by atoms with Crippen LogP contribution in [0.25, 0.3) is 11.3 Å². The van der Waals surface area contributed by atoms with Gasteiger partial charge in [-0.15, -0.1) is 11.3 Å². The molecule has 128 valence electrons. The van der Waals surface area contributed by atoms with Gasteiger partial charge in [0.05, 0.1) is 12.8 Å². The van der Waals surface area contributed by atoms with Gasteiger partial charge in [0, 0.05) is 17.4 Å². The average molecular weight is 352 g/mol. The zero-order chi connectivity index (χ0) is 17.6. The summed E-state index contributed by atoms with van der Waals surface area (Å²) in [7, 11) is 1.64. The maximum atomic E-state index is 12.3. The van der Waals surface area contributed by atoms with E-state index < -0.39 is 0 Å². The van der Waals surface area contributed by atoms with Crippen molar-refractivity contribution in [2.24, 2.45) is 0 Å². The number of nitrogens with zero attached hydrogens (tertiary/aromatic N) is 1. The Kier molecular flexibility index (Phi) is 5.46. The highest BCUT2D eigenvalue weighted by atomic mass is 32.1. The molecule has 4 nitrogen and oxygen atoms in total. The van der Waals surface area contributed by atoms with Gasteiger partial charge in [-0.3, -0.25) is 4.79 Å². The summed E-state index contributed by atoms with van der Waals surface area (Å²) in [5.74, 6) is 0.955. The molecule has 0 saturated carbocycles. The van der Waals surface area contributed by atoms with Crippen LogP contribution in [0.3, 0.4) is 0 Å². The number of amides is 1. The third-order valence-corrected chi connectivity index (χ3v) is 4.75. The first kappa shape index (κ1) is 17.2. The van der Waals surface area contributed by atoms with Crippen LogP contribution >= 0.6 is 11.3 Å². The third kappa shape index (κ3) is 4.45. The highest BCUT2D eigenvalue weighted by Gasteiger charge is 2.13. The quantitative estimate of drug-likeness (QED) is 0.683. The van der Waals surface area contributed by atoms with Crippen molar-refractivity contribution >= 4 is 22.4 Å². The van der Waals surface area contributed by atoms with Gasteiger partial charge < -0.3 is 10.1 Å². The fraction of sp³-hybridized carbons (Fsp3) is 0.200.